The van der Waals surface area contributed by atoms with E-state index in [2.05, 4.69) is 11.5 Å². The minimum Gasteiger partial charge on any atom is -0.496 e. The molecule has 1 aliphatic carbocycles. The van der Waals surface area contributed by atoms with Crippen molar-refractivity contribution < 1.29 is 4.74 Å². The predicted octanol–water partition coefficient (Wildman–Crippen LogP) is 2.39. The van der Waals surface area contributed by atoms with Crippen LogP contribution in [0.25, 0.3) is 0 Å². The van der Waals surface area contributed by atoms with E-state index < -0.39 is 0 Å². The molecular weight excluding hydrogens is 200 g/mol. The molecule has 0 aromatic heterocycles. The van der Waals surface area contributed by atoms with Gasteiger partial charge in [0.15, 0.2) is 0 Å². The minimum atomic E-state index is 0.210. The van der Waals surface area contributed by atoms with Crippen LogP contribution < -0.4 is 16.0 Å². The molecule has 16 heavy (non-hydrogen) atoms. The molecule has 1 unspecified atom stereocenters. The van der Waals surface area contributed by atoms with E-state index in [4.69, 9.17) is 10.6 Å². The van der Waals surface area contributed by atoms with Gasteiger partial charge in [0.1, 0.15) is 5.75 Å². The topological polar surface area (TPSA) is 47.3 Å². The first kappa shape index (κ1) is 11.4. The van der Waals surface area contributed by atoms with Gasteiger partial charge in [0.05, 0.1) is 7.11 Å². The lowest BCUT2D eigenvalue weighted by Gasteiger charge is -2.30. The second-order valence-electron chi connectivity index (χ2n) is 4.49. The van der Waals surface area contributed by atoms with Crippen molar-refractivity contribution in [3.05, 3.63) is 29.8 Å². The number of hydrazine groups is 1. The highest BCUT2D eigenvalue weighted by atomic mass is 16.5. The Bertz CT molecular complexity index is 336. The fourth-order valence-electron chi connectivity index (χ4n) is 2.30. The van der Waals surface area contributed by atoms with Crippen LogP contribution in [0.3, 0.4) is 0 Å². The number of hydrogen-bond donors (Lipinski definition) is 2. The number of benzene rings is 1. The Morgan fingerprint density at radius 1 is 1.44 bits per heavy atom. The van der Waals surface area contributed by atoms with Crippen LogP contribution >= 0.6 is 0 Å². The monoisotopic (exact) mass is 220 g/mol. The van der Waals surface area contributed by atoms with Crippen molar-refractivity contribution in [2.75, 3.05) is 7.11 Å². The van der Waals surface area contributed by atoms with Gasteiger partial charge in [0.25, 0.3) is 0 Å². The van der Waals surface area contributed by atoms with Gasteiger partial charge in [-0.2, -0.15) is 0 Å². The minimum absolute atomic E-state index is 0.210. The van der Waals surface area contributed by atoms with Crippen molar-refractivity contribution in [3.63, 3.8) is 0 Å². The first-order valence-corrected chi connectivity index (χ1v) is 5.94. The van der Waals surface area contributed by atoms with Crippen molar-refractivity contribution in [2.24, 2.45) is 11.8 Å². The summed E-state index contributed by atoms with van der Waals surface area (Å²) in [5, 5.41) is 0. The first-order valence-electron chi connectivity index (χ1n) is 5.94. The van der Waals surface area contributed by atoms with Crippen LogP contribution in [0.4, 0.5) is 0 Å². The maximum atomic E-state index is 5.65. The lowest BCUT2D eigenvalue weighted by atomic mass is 9.79. The molecule has 1 saturated carbocycles. The highest BCUT2D eigenvalue weighted by molar-refractivity contribution is 5.35. The highest BCUT2D eigenvalue weighted by Gasteiger charge is 2.23. The Balaban J connectivity index is 2.11. The summed E-state index contributed by atoms with van der Waals surface area (Å²) < 4.78 is 5.37. The zero-order valence-electron chi connectivity index (χ0n) is 9.78. The summed E-state index contributed by atoms with van der Waals surface area (Å²) in [6, 6.07) is 8.30. The maximum Gasteiger partial charge on any atom is 0.123 e. The lowest BCUT2D eigenvalue weighted by molar-refractivity contribution is 0.259. The number of methoxy groups -OCH3 is 1. The third-order valence-corrected chi connectivity index (χ3v) is 3.51. The molecule has 1 fully saturated rings. The summed E-state index contributed by atoms with van der Waals surface area (Å²) in [6.45, 7) is 0. The zero-order valence-corrected chi connectivity index (χ0v) is 9.78. The maximum absolute atomic E-state index is 5.65. The third-order valence-electron chi connectivity index (χ3n) is 3.51. The van der Waals surface area contributed by atoms with Crippen LogP contribution in [0.2, 0.25) is 0 Å². The quantitative estimate of drug-likeness (QED) is 0.591. The van der Waals surface area contributed by atoms with Gasteiger partial charge < -0.3 is 4.74 Å². The molecular formula is C13H20N2O. The van der Waals surface area contributed by atoms with E-state index in [1.165, 1.54) is 24.8 Å². The van der Waals surface area contributed by atoms with Crippen LogP contribution in [0.5, 0.6) is 5.75 Å². The summed E-state index contributed by atoms with van der Waals surface area (Å²) >= 11 is 0. The SMILES string of the molecule is COc1ccccc1C(CC1CCC1)NN. The number of rotatable bonds is 5. The van der Waals surface area contributed by atoms with Gasteiger partial charge in [-0.15, -0.1) is 0 Å². The van der Waals surface area contributed by atoms with E-state index in [-0.39, 0.29) is 6.04 Å². The molecule has 2 rings (SSSR count). The van der Waals surface area contributed by atoms with Crippen molar-refractivity contribution in [3.8, 4) is 5.75 Å². The van der Waals surface area contributed by atoms with E-state index in [0.29, 0.717) is 0 Å². The number of nitrogens with one attached hydrogen (secondary N) is 1. The number of ether oxygens (including phenoxy) is 1. The van der Waals surface area contributed by atoms with Crippen LogP contribution in [-0.2, 0) is 0 Å². The summed E-state index contributed by atoms with van der Waals surface area (Å²) in [5.41, 5.74) is 4.08. The fourth-order valence-corrected chi connectivity index (χ4v) is 2.30. The van der Waals surface area contributed by atoms with Crippen molar-refractivity contribution in [1.82, 2.24) is 5.43 Å². The van der Waals surface area contributed by atoms with Crippen LogP contribution in [0, 0.1) is 5.92 Å². The molecule has 0 amide bonds. The van der Waals surface area contributed by atoms with E-state index in [1.54, 1.807) is 7.11 Å². The van der Waals surface area contributed by atoms with E-state index in [0.717, 1.165) is 18.1 Å². The van der Waals surface area contributed by atoms with E-state index in [1.807, 2.05) is 18.2 Å². The molecule has 1 atom stereocenters. The molecule has 0 saturated heterocycles. The Morgan fingerprint density at radius 2 is 2.19 bits per heavy atom. The first-order chi connectivity index (χ1) is 7.85. The molecule has 0 bridgehead atoms. The van der Waals surface area contributed by atoms with Crippen LogP contribution in [0.15, 0.2) is 24.3 Å². The number of hydrogen-bond acceptors (Lipinski definition) is 3. The van der Waals surface area contributed by atoms with E-state index in [9.17, 15) is 0 Å². The molecule has 1 aliphatic rings. The van der Waals surface area contributed by atoms with E-state index >= 15 is 0 Å². The molecule has 88 valence electrons. The van der Waals surface area contributed by atoms with Gasteiger partial charge in [0.2, 0.25) is 0 Å². The molecule has 3 nitrogen and oxygen atoms in total. The molecule has 0 spiro atoms. The zero-order chi connectivity index (χ0) is 11.4. The smallest absolute Gasteiger partial charge is 0.123 e. The Morgan fingerprint density at radius 3 is 2.75 bits per heavy atom. The van der Waals surface area contributed by atoms with Crippen molar-refractivity contribution >= 4 is 0 Å². The Kier molecular flexibility index (Phi) is 3.80. The molecule has 3 N–H and O–H groups in total. The van der Waals surface area contributed by atoms with Crippen molar-refractivity contribution in [1.29, 1.82) is 0 Å². The summed E-state index contributed by atoms with van der Waals surface area (Å²) in [5.74, 6) is 7.40. The third kappa shape index (κ3) is 2.36. The molecule has 0 radical (unpaired) electrons. The van der Waals surface area contributed by atoms with Crippen molar-refractivity contribution in [2.45, 2.75) is 31.7 Å². The van der Waals surface area contributed by atoms with Gasteiger partial charge in [-0.05, 0) is 18.4 Å². The second kappa shape index (κ2) is 5.32. The van der Waals surface area contributed by atoms with Crippen LogP contribution in [-0.4, -0.2) is 7.11 Å². The molecule has 0 heterocycles. The largest absolute Gasteiger partial charge is 0.496 e. The van der Waals surface area contributed by atoms with Gasteiger partial charge >= 0.3 is 0 Å². The average molecular weight is 220 g/mol. The molecule has 1 aromatic rings. The standard InChI is InChI=1S/C13H20N2O/c1-16-13-8-3-2-7-11(13)12(15-14)9-10-5-4-6-10/h2-3,7-8,10,12,15H,4-6,9,14H2,1H3. The predicted molar refractivity (Wildman–Crippen MR) is 65.0 cm³/mol. The summed E-state index contributed by atoms with van der Waals surface area (Å²) in [6.07, 6.45) is 5.16. The highest BCUT2D eigenvalue weighted by Crippen LogP contribution is 2.36. The normalized spacial score (nSPS) is 17.9. The fraction of sp³-hybridized carbons (Fsp3) is 0.538. The summed E-state index contributed by atoms with van der Waals surface area (Å²) in [4.78, 5) is 0. The number of para-hydroxylation sites is 1. The number of nitrogens with two attached hydrogens (primary N) is 1. The lowest BCUT2D eigenvalue weighted by Crippen LogP contribution is -2.31. The average Bonchev–Trinajstić information content (AvgIpc) is 2.28. The Hall–Kier alpha value is -1.06. The molecule has 0 aliphatic heterocycles. The molecule has 3 heteroatoms. The summed E-state index contributed by atoms with van der Waals surface area (Å²) in [7, 11) is 1.70. The van der Waals surface area contributed by atoms with Crippen LogP contribution in [0.1, 0.15) is 37.3 Å². The van der Waals surface area contributed by atoms with Gasteiger partial charge in [-0.1, -0.05) is 37.5 Å². The van der Waals surface area contributed by atoms with Gasteiger partial charge in [-0.25, -0.2) is 0 Å². The Labute approximate surface area is 97.0 Å². The molecule has 1 aromatic carbocycles. The van der Waals surface area contributed by atoms with Gasteiger partial charge in [-0.3, -0.25) is 11.3 Å². The second-order valence-corrected chi connectivity index (χ2v) is 4.49. The van der Waals surface area contributed by atoms with Gasteiger partial charge in [0, 0.05) is 11.6 Å².